The van der Waals surface area contributed by atoms with Crippen LogP contribution in [0.1, 0.15) is 0 Å². The van der Waals surface area contributed by atoms with Gasteiger partial charge >= 0.3 is 0 Å². The Morgan fingerprint density at radius 2 is 2.20 bits per heavy atom. The van der Waals surface area contributed by atoms with Crippen LogP contribution in [0.15, 0.2) is 6.33 Å². The number of hydrogen-bond donors (Lipinski definition) is 1. The van der Waals surface area contributed by atoms with Crippen LogP contribution in [0.5, 0.6) is 0 Å². The molecular formula is C8H13N7. The summed E-state index contributed by atoms with van der Waals surface area (Å²) in [6.07, 6.45) is 1.42. The molecule has 2 heterocycles. The molecule has 0 saturated carbocycles. The van der Waals surface area contributed by atoms with Crippen LogP contribution < -0.4 is 5.73 Å². The van der Waals surface area contributed by atoms with Crippen molar-refractivity contribution in [3.8, 4) is 0 Å². The first kappa shape index (κ1) is 9.78. The van der Waals surface area contributed by atoms with Gasteiger partial charge in [-0.05, 0) is 14.1 Å². The van der Waals surface area contributed by atoms with Crippen LogP contribution in [0.3, 0.4) is 0 Å². The van der Waals surface area contributed by atoms with Crippen LogP contribution in [0, 0.1) is 0 Å². The summed E-state index contributed by atoms with van der Waals surface area (Å²) in [7, 11) is 4.00. The van der Waals surface area contributed by atoms with Crippen LogP contribution in [0.25, 0.3) is 11.2 Å². The molecular weight excluding hydrogens is 194 g/mol. The Labute approximate surface area is 86.9 Å². The smallest absolute Gasteiger partial charge is 0.183 e. The van der Waals surface area contributed by atoms with Gasteiger partial charge in [-0.3, -0.25) is 0 Å². The van der Waals surface area contributed by atoms with Crippen LogP contribution in [-0.2, 0) is 6.54 Å². The van der Waals surface area contributed by atoms with E-state index in [2.05, 4.69) is 25.2 Å². The molecule has 2 rings (SSSR count). The number of likely N-dealkylation sites (N-methyl/N-ethyl adjacent to an activating group) is 1. The van der Waals surface area contributed by atoms with E-state index in [0.29, 0.717) is 17.0 Å². The monoisotopic (exact) mass is 207 g/mol. The lowest BCUT2D eigenvalue weighted by atomic mass is 10.5. The maximum atomic E-state index is 5.65. The summed E-state index contributed by atoms with van der Waals surface area (Å²) in [4.78, 5) is 10.0. The van der Waals surface area contributed by atoms with Crippen molar-refractivity contribution in [3.05, 3.63) is 6.33 Å². The van der Waals surface area contributed by atoms with E-state index < -0.39 is 0 Å². The van der Waals surface area contributed by atoms with Crippen molar-refractivity contribution in [1.29, 1.82) is 0 Å². The van der Waals surface area contributed by atoms with Gasteiger partial charge in [0.25, 0.3) is 0 Å². The lowest BCUT2D eigenvalue weighted by Gasteiger charge is -2.08. The number of nitrogen functional groups attached to an aromatic ring is 1. The minimum Gasteiger partial charge on any atom is -0.382 e. The Morgan fingerprint density at radius 3 is 2.93 bits per heavy atom. The molecule has 0 atom stereocenters. The van der Waals surface area contributed by atoms with Crippen molar-refractivity contribution in [1.82, 2.24) is 29.9 Å². The zero-order chi connectivity index (χ0) is 10.8. The van der Waals surface area contributed by atoms with E-state index in [1.165, 1.54) is 6.33 Å². The highest BCUT2D eigenvalue weighted by Gasteiger charge is 2.08. The van der Waals surface area contributed by atoms with Gasteiger partial charge in [0.2, 0.25) is 0 Å². The molecule has 80 valence electrons. The summed E-state index contributed by atoms with van der Waals surface area (Å²) in [5.41, 5.74) is 6.90. The lowest BCUT2D eigenvalue weighted by Crippen LogP contribution is -2.19. The van der Waals surface area contributed by atoms with E-state index in [0.717, 1.165) is 13.1 Å². The molecule has 0 saturated heterocycles. The molecule has 0 fully saturated rings. The van der Waals surface area contributed by atoms with Gasteiger partial charge in [0.05, 0.1) is 6.54 Å². The van der Waals surface area contributed by atoms with E-state index in [1.54, 1.807) is 4.68 Å². The van der Waals surface area contributed by atoms with Gasteiger partial charge in [-0.2, -0.15) is 0 Å². The molecule has 0 aromatic carbocycles. The maximum absolute atomic E-state index is 5.65. The molecule has 7 nitrogen and oxygen atoms in total. The number of nitrogens with two attached hydrogens (primary N) is 1. The van der Waals surface area contributed by atoms with Crippen molar-refractivity contribution in [2.45, 2.75) is 6.54 Å². The van der Waals surface area contributed by atoms with Gasteiger partial charge < -0.3 is 10.6 Å². The molecule has 0 amide bonds. The fourth-order valence-corrected chi connectivity index (χ4v) is 1.25. The Morgan fingerprint density at radius 1 is 1.40 bits per heavy atom. The highest BCUT2D eigenvalue weighted by Crippen LogP contribution is 2.11. The van der Waals surface area contributed by atoms with Crippen LogP contribution in [-0.4, -0.2) is 50.5 Å². The van der Waals surface area contributed by atoms with Crippen molar-refractivity contribution in [3.63, 3.8) is 0 Å². The summed E-state index contributed by atoms with van der Waals surface area (Å²) < 4.78 is 1.73. The average molecular weight is 207 g/mol. The summed E-state index contributed by atoms with van der Waals surface area (Å²) in [6, 6.07) is 0. The first-order valence-corrected chi connectivity index (χ1v) is 4.63. The third kappa shape index (κ3) is 1.86. The predicted molar refractivity (Wildman–Crippen MR) is 56.1 cm³/mol. The average Bonchev–Trinajstić information content (AvgIpc) is 2.59. The van der Waals surface area contributed by atoms with Gasteiger partial charge in [-0.15, -0.1) is 5.10 Å². The highest BCUT2D eigenvalue weighted by molar-refractivity contribution is 5.80. The Kier molecular flexibility index (Phi) is 2.46. The minimum atomic E-state index is 0.371. The van der Waals surface area contributed by atoms with Gasteiger partial charge in [-0.1, -0.05) is 5.21 Å². The lowest BCUT2D eigenvalue weighted by molar-refractivity contribution is 0.373. The quantitative estimate of drug-likeness (QED) is 0.721. The fraction of sp³-hybridized carbons (Fsp3) is 0.500. The molecule has 2 aromatic heterocycles. The van der Waals surface area contributed by atoms with Gasteiger partial charge in [-0.25, -0.2) is 14.6 Å². The topological polar surface area (TPSA) is 85.8 Å². The number of fused-ring (bicyclic) bond motifs is 1. The third-order valence-electron chi connectivity index (χ3n) is 2.09. The van der Waals surface area contributed by atoms with E-state index >= 15 is 0 Å². The highest BCUT2D eigenvalue weighted by atomic mass is 15.4. The molecule has 0 aliphatic heterocycles. The number of nitrogens with zero attached hydrogens (tertiary/aromatic N) is 6. The zero-order valence-corrected chi connectivity index (χ0v) is 8.75. The van der Waals surface area contributed by atoms with Crippen molar-refractivity contribution < 1.29 is 0 Å². The van der Waals surface area contributed by atoms with Gasteiger partial charge in [0, 0.05) is 6.54 Å². The molecule has 0 aliphatic carbocycles. The predicted octanol–water partition coefficient (Wildman–Crippen LogP) is -0.635. The summed E-state index contributed by atoms with van der Waals surface area (Å²) in [6.45, 7) is 1.61. The van der Waals surface area contributed by atoms with Crippen molar-refractivity contribution in [2.24, 2.45) is 0 Å². The number of hydrogen-bond acceptors (Lipinski definition) is 6. The largest absolute Gasteiger partial charge is 0.382 e. The minimum absolute atomic E-state index is 0.371. The molecule has 2 N–H and O–H groups in total. The number of rotatable bonds is 3. The Bertz CT molecular complexity index is 461. The van der Waals surface area contributed by atoms with Crippen molar-refractivity contribution in [2.75, 3.05) is 26.4 Å². The second kappa shape index (κ2) is 3.77. The molecule has 0 bridgehead atoms. The summed E-state index contributed by atoms with van der Waals surface area (Å²) in [5.74, 6) is 0.371. The van der Waals surface area contributed by atoms with Crippen molar-refractivity contribution >= 4 is 17.0 Å². The molecule has 0 radical (unpaired) electrons. The molecule has 7 heteroatoms. The molecule has 0 aliphatic rings. The molecule has 0 unspecified atom stereocenters. The molecule has 15 heavy (non-hydrogen) atoms. The molecule has 0 spiro atoms. The number of anilines is 1. The van der Waals surface area contributed by atoms with Crippen LogP contribution >= 0.6 is 0 Å². The van der Waals surface area contributed by atoms with Gasteiger partial charge in [0.1, 0.15) is 6.33 Å². The summed E-state index contributed by atoms with van der Waals surface area (Å²) in [5, 5.41) is 7.93. The summed E-state index contributed by atoms with van der Waals surface area (Å²) >= 11 is 0. The first-order chi connectivity index (χ1) is 7.18. The fourth-order valence-electron chi connectivity index (χ4n) is 1.25. The van der Waals surface area contributed by atoms with E-state index in [9.17, 15) is 0 Å². The van der Waals surface area contributed by atoms with Gasteiger partial charge in [0.15, 0.2) is 17.0 Å². The first-order valence-electron chi connectivity index (χ1n) is 4.63. The second-order valence-corrected chi connectivity index (χ2v) is 3.55. The van der Waals surface area contributed by atoms with Crippen LogP contribution in [0.4, 0.5) is 5.82 Å². The Hall–Kier alpha value is -1.76. The SMILES string of the molecule is CN(C)CCn1nnc2c(N)ncnc21. The third-order valence-corrected chi connectivity index (χ3v) is 2.09. The van der Waals surface area contributed by atoms with E-state index in [4.69, 9.17) is 5.73 Å². The second-order valence-electron chi connectivity index (χ2n) is 3.55. The van der Waals surface area contributed by atoms with Crippen LogP contribution in [0.2, 0.25) is 0 Å². The van der Waals surface area contributed by atoms with E-state index in [1.807, 2.05) is 14.1 Å². The maximum Gasteiger partial charge on any atom is 0.183 e. The normalized spacial score (nSPS) is 11.4. The standard InChI is InChI=1S/C8H13N7/c1-14(2)3-4-15-8-6(12-13-15)7(9)10-5-11-8/h5H,3-4H2,1-2H3,(H2,9,10,11). The Balaban J connectivity index is 2.33. The van der Waals surface area contributed by atoms with E-state index in [-0.39, 0.29) is 0 Å². The zero-order valence-electron chi connectivity index (χ0n) is 8.75. The number of aromatic nitrogens is 5. The molecule has 2 aromatic rings.